The third kappa shape index (κ3) is 4.86. The molecular formula is C13H16N2O6. The van der Waals surface area contributed by atoms with Crippen LogP contribution in [0.4, 0.5) is 0 Å². The predicted molar refractivity (Wildman–Crippen MR) is 71.5 cm³/mol. The van der Waals surface area contributed by atoms with Gasteiger partial charge in [0.1, 0.15) is 6.04 Å². The van der Waals surface area contributed by atoms with Crippen molar-refractivity contribution in [3.8, 4) is 0 Å². The number of carboxylic acid groups (broad SMARTS) is 3. The molecule has 0 aromatic heterocycles. The number of nitrogens with one attached hydrogen (secondary N) is 1. The van der Waals surface area contributed by atoms with Gasteiger partial charge in [0.2, 0.25) is 0 Å². The minimum absolute atomic E-state index is 0.188. The Bertz CT molecular complexity index is 533. The van der Waals surface area contributed by atoms with Gasteiger partial charge in [-0.15, -0.1) is 0 Å². The van der Waals surface area contributed by atoms with E-state index in [0.717, 1.165) is 0 Å². The molecule has 0 saturated heterocycles. The van der Waals surface area contributed by atoms with Crippen molar-refractivity contribution >= 4 is 17.9 Å². The van der Waals surface area contributed by atoms with Gasteiger partial charge in [0.25, 0.3) is 0 Å². The standard InChI is InChI=1S/C13H16N2O6/c14-13(12(20)21,7-8-4-2-1-3-5-8)15-9(11(18)19)6-10(16)17/h1-5,9,15H,6-7,14H2,(H,16,17)(H,18,19)(H,20,21)/t9?,13-/m0/s1. The molecule has 0 saturated carbocycles. The highest BCUT2D eigenvalue weighted by molar-refractivity contribution is 5.83. The van der Waals surface area contributed by atoms with E-state index in [9.17, 15) is 19.5 Å². The van der Waals surface area contributed by atoms with Crippen molar-refractivity contribution in [2.45, 2.75) is 24.5 Å². The molecule has 0 aliphatic carbocycles. The maximum Gasteiger partial charge on any atom is 0.339 e. The number of aliphatic carboxylic acids is 3. The average molecular weight is 296 g/mol. The number of nitrogens with two attached hydrogens (primary N) is 1. The van der Waals surface area contributed by atoms with Gasteiger partial charge in [0.15, 0.2) is 5.66 Å². The summed E-state index contributed by atoms with van der Waals surface area (Å²) in [6.45, 7) is 0. The topological polar surface area (TPSA) is 150 Å². The number of carboxylic acids is 3. The van der Waals surface area contributed by atoms with E-state index in [1.807, 2.05) is 0 Å². The molecule has 1 rings (SSSR count). The van der Waals surface area contributed by atoms with Crippen LogP contribution < -0.4 is 11.1 Å². The lowest BCUT2D eigenvalue weighted by Crippen LogP contribution is -2.65. The molecule has 0 spiro atoms. The highest BCUT2D eigenvalue weighted by atomic mass is 16.4. The van der Waals surface area contributed by atoms with Crippen molar-refractivity contribution in [2.75, 3.05) is 0 Å². The molecule has 8 nitrogen and oxygen atoms in total. The first-order chi connectivity index (χ1) is 9.74. The fourth-order valence-electron chi connectivity index (χ4n) is 1.79. The Hall–Kier alpha value is -2.45. The normalized spacial score (nSPS) is 14.9. The van der Waals surface area contributed by atoms with Crippen molar-refractivity contribution in [1.29, 1.82) is 0 Å². The van der Waals surface area contributed by atoms with E-state index in [0.29, 0.717) is 5.56 Å². The summed E-state index contributed by atoms with van der Waals surface area (Å²) in [6, 6.07) is 6.78. The van der Waals surface area contributed by atoms with Crippen LogP contribution in [-0.4, -0.2) is 44.9 Å². The second-order valence-corrected chi connectivity index (χ2v) is 4.57. The number of carbonyl (C=O) groups is 3. The van der Waals surface area contributed by atoms with Crippen molar-refractivity contribution in [3.63, 3.8) is 0 Å². The molecule has 114 valence electrons. The van der Waals surface area contributed by atoms with Crippen LogP contribution in [0.25, 0.3) is 0 Å². The molecule has 6 N–H and O–H groups in total. The van der Waals surface area contributed by atoms with Crippen LogP contribution >= 0.6 is 0 Å². The maximum atomic E-state index is 11.3. The van der Waals surface area contributed by atoms with E-state index in [2.05, 4.69) is 5.32 Å². The monoisotopic (exact) mass is 296 g/mol. The maximum absolute atomic E-state index is 11.3. The largest absolute Gasteiger partial charge is 0.481 e. The molecule has 0 radical (unpaired) electrons. The predicted octanol–water partition coefficient (Wildman–Crippen LogP) is -0.514. The summed E-state index contributed by atoms with van der Waals surface area (Å²) in [5.74, 6) is -4.33. The van der Waals surface area contributed by atoms with Crippen LogP contribution in [0.1, 0.15) is 12.0 Å². The molecule has 0 amide bonds. The van der Waals surface area contributed by atoms with Gasteiger partial charge in [0.05, 0.1) is 6.42 Å². The minimum Gasteiger partial charge on any atom is -0.481 e. The molecule has 1 aromatic carbocycles. The Morgan fingerprint density at radius 1 is 1.14 bits per heavy atom. The zero-order valence-electron chi connectivity index (χ0n) is 11.0. The highest BCUT2D eigenvalue weighted by Crippen LogP contribution is 2.11. The van der Waals surface area contributed by atoms with Gasteiger partial charge in [-0.05, 0) is 5.56 Å². The first-order valence-electron chi connectivity index (χ1n) is 6.03. The van der Waals surface area contributed by atoms with Gasteiger partial charge in [-0.1, -0.05) is 30.3 Å². The fraction of sp³-hybridized carbons (Fsp3) is 0.308. The van der Waals surface area contributed by atoms with Gasteiger partial charge < -0.3 is 21.1 Å². The van der Waals surface area contributed by atoms with Crippen molar-refractivity contribution in [1.82, 2.24) is 5.32 Å². The second kappa shape index (κ2) is 6.82. The SMILES string of the molecule is N[C@@](Cc1ccccc1)(NC(CC(=O)O)C(=O)O)C(=O)O. The quantitative estimate of drug-likeness (QED) is 0.402. The van der Waals surface area contributed by atoms with Crippen LogP contribution in [0, 0.1) is 0 Å². The minimum atomic E-state index is -2.08. The third-order valence-electron chi connectivity index (χ3n) is 2.82. The molecule has 2 atom stereocenters. The summed E-state index contributed by atoms with van der Waals surface area (Å²) >= 11 is 0. The Morgan fingerprint density at radius 3 is 2.14 bits per heavy atom. The molecule has 8 heteroatoms. The van der Waals surface area contributed by atoms with E-state index >= 15 is 0 Å². The fourth-order valence-corrected chi connectivity index (χ4v) is 1.79. The molecule has 1 unspecified atom stereocenters. The van der Waals surface area contributed by atoms with Crippen molar-refractivity contribution in [3.05, 3.63) is 35.9 Å². The summed E-state index contributed by atoms with van der Waals surface area (Å²) in [7, 11) is 0. The molecule has 21 heavy (non-hydrogen) atoms. The van der Waals surface area contributed by atoms with Crippen LogP contribution in [0.15, 0.2) is 30.3 Å². The Labute approximate surface area is 120 Å². The molecular weight excluding hydrogens is 280 g/mol. The smallest absolute Gasteiger partial charge is 0.339 e. The summed E-state index contributed by atoms with van der Waals surface area (Å²) in [4.78, 5) is 33.0. The Kier molecular flexibility index (Phi) is 5.39. The number of hydrogen-bond acceptors (Lipinski definition) is 5. The third-order valence-corrected chi connectivity index (χ3v) is 2.82. The lowest BCUT2D eigenvalue weighted by atomic mass is 9.98. The molecule has 0 aliphatic rings. The second-order valence-electron chi connectivity index (χ2n) is 4.57. The van der Waals surface area contributed by atoms with Gasteiger partial charge in [-0.3, -0.25) is 14.9 Å². The first-order valence-corrected chi connectivity index (χ1v) is 6.03. The van der Waals surface area contributed by atoms with E-state index in [1.165, 1.54) is 0 Å². The summed E-state index contributed by atoms with van der Waals surface area (Å²) < 4.78 is 0. The van der Waals surface area contributed by atoms with Gasteiger partial charge in [-0.2, -0.15) is 0 Å². The summed E-state index contributed by atoms with van der Waals surface area (Å²) in [5, 5.41) is 29.1. The summed E-state index contributed by atoms with van der Waals surface area (Å²) in [6.07, 6.45) is -0.969. The molecule has 0 bridgehead atoms. The van der Waals surface area contributed by atoms with Crippen LogP contribution in [-0.2, 0) is 20.8 Å². The number of hydrogen-bond donors (Lipinski definition) is 5. The van der Waals surface area contributed by atoms with E-state index in [1.54, 1.807) is 30.3 Å². The number of benzene rings is 1. The zero-order valence-corrected chi connectivity index (χ0v) is 11.0. The van der Waals surface area contributed by atoms with E-state index in [4.69, 9.17) is 15.9 Å². The van der Waals surface area contributed by atoms with Crippen molar-refractivity contribution < 1.29 is 29.7 Å². The van der Waals surface area contributed by atoms with Crippen molar-refractivity contribution in [2.24, 2.45) is 5.73 Å². The highest BCUT2D eigenvalue weighted by Gasteiger charge is 2.39. The van der Waals surface area contributed by atoms with Gasteiger partial charge in [0, 0.05) is 6.42 Å². The lowest BCUT2D eigenvalue weighted by molar-refractivity contribution is -0.150. The summed E-state index contributed by atoms with van der Waals surface area (Å²) in [5.41, 5.74) is 4.21. The Balaban J connectivity index is 2.96. The van der Waals surface area contributed by atoms with Gasteiger partial charge in [-0.25, -0.2) is 4.79 Å². The Morgan fingerprint density at radius 2 is 1.71 bits per heavy atom. The van der Waals surface area contributed by atoms with E-state index in [-0.39, 0.29) is 6.42 Å². The lowest BCUT2D eigenvalue weighted by Gasteiger charge is -2.29. The number of rotatable bonds is 8. The van der Waals surface area contributed by atoms with E-state index < -0.39 is 36.0 Å². The molecule has 1 aromatic rings. The molecule has 0 aliphatic heterocycles. The molecule has 0 heterocycles. The zero-order chi connectivity index (χ0) is 16.0. The average Bonchev–Trinajstić information content (AvgIpc) is 2.38. The molecule has 0 fully saturated rings. The first kappa shape index (κ1) is 16.6. The van der Waals surface area contributed by atoms with Gasteiger partial charge >= 0.3 is 17.9 Å². The van der Waals surface area contributed by atoms with Crippen LogP contribution in [0.3, 0.4) is 0 Å². The van der Waals surface area contributed by atoms with Crippen LogP contribution in [0.2, 0.25) is 0 Å². The van der Waals surface area contributed by atoms with Crippen LogP contribution in [0.5, 0.6) is 0 Å².